The minimum atomic E-state index is -4.08. The molecule has 50 heavy (non-hydrogen) atoms. The molecule has 3 amide bonds. The summed E-state index contributed by atoms with van der Waals surface area (Å²) >= 11 is 0. The Kier molecular flexibility index (Phi) is 13.0. The van der Waals surface area contributed by atoms with E-state index in [9.17, 15) is 23.1 Å². The number of benzene rings is 2. The molecule has 0 radical (unpaired) electrons. The molecule has 5 atom stereocenters. The number of urea groups is 1. The smallest absolute Gasteiger partial charge is 0.407 e. The van der Waals surface area contributed by atoms with Crippen molar-refractivity contribution in [3.63, 3.8) is 0 Å². The van der Waals surface area contributed by atoms with E-state index in [1.165, 1.54) is 16.4 Å². The molecule has 0 unspecified atom stereocenters. The van der Waals surface area contributed by atoms with Crippen molar-refractivity contribution in [1.29, 1.82) is 0 Å². The Bertz CT molecular complexity index is 1540. The maximum Gasteiger partial charge on any atom is 0.407 e. The quantitative estimate of drug-likeness (QED) is 0.176. The molecule has 3 aliphatic heterocycles. The first-order chi connectivity index (χ1) is 24.0. The van der Waals surface area contributed by atoms with E-state index in [1.54, 1.807) is 25.2 Å². The summed E-state index contributed by atoms with van der Waals surface area (Å²) in [5, 5.41) is 19.7. The molecule has 0 spiro atoms. The highest BCUT2D eigenvalue weighted by atomic mass is 32.2. The lowest BCUT2D eigenvalue weighted by Crippen LogP contribution is -2.51. The maximum atomic E-state index is 13.9. The molecule has 0 aliphatic carbocycles. The molecular weight excluding hydrogens is 672 g/mol. The van der Waals surface area contributed by atoms with Crippen LogP contribution in [0.2, 0.25) is 0 Å². The number of carbonyl (C=O) groups excluding carboxylic acids is 2. The summed E-state index contributed by atoms with van der Waals surface area (Å²) in [5.41, 5.74) is 0.777. The van der Waals surface area contributed by atoms with Crippen molar-refractivity contribution in [3.05, 3.63) is 48.0 Å². The van der Waals surface area contributed by atoms with Gasteiger partial charge in [0.2, 0.25) is 16.8 Å². The van der Waals surface area contributed by atoms with Crippen molar-refractivity contribution in [1.82, 2.24) is 20.3 Å². The van der Waals surface area contributed by atoms with Crippen molar-refractivity contribution in [2.45, 2.75) is 69.0 Å². The molecular formula is C34H48N4O11S. The summed E-state index contributed by atoms with van der Waals surface area (Å²) in [6.07, 6.45) is -0.572. The SMILES string of the molecule is CNC(=O)NCCCCOc1ccc(C[C@H](NC(=O)O[C@H]2CO[C@H]3OCC[C@H]32)[C@H](O)CN(CC(C)C)S(=O)(=O)c2ccc3c(c2)OCO3)cc1. The summed E-state index contributed by atoms with van der Waals surface area (Å²) in [4.78, 5) is 24.5. The van der Waals surface area contributed by atoms with Crippen LogP contribution >= 0.6 is 0 Å². The Morgan fingerprint density at radius 3 is 2.58 bits per heavy atom. The molecule has 16 heteroatoms. The van der Waals surface area contributed by atoms with Gasteiger partial charge in [-0.15, -0.1) is 0 Å². The molecule has 2 saturated heterocycles. The van der Waals surface area contributed by atoms with Gasteiger partial charge in [-0.2, -0.15) is 4.31 Å². The molecule has 15 nitrogen and oxygen atoms in total. The lowest BCUT2D eigenvalue weighted by atomic mass is 10.0. The Morgan fingerprint density at radius 2 is 1.82 bits per heavy atom. The van der Waals surface area contributed by atoms with Crippen molar-refractivity contribution >= 4 is 22.1 Å². The number of nitrogens with zero attached hydrogens (tertiary/aromatic N) is 1. The first-order valence-corrected chi connectivity index (χ1v) is 18.4. The van der Waals surface area contributed by atoms with Crippen LogP contribution < -0.4 is 30.2 Å². The predicted octanol–water partition coefficient (Wildman–Crippen LogP) is 2.61. The number of aliphatic hydroxyl groups is 1. The van der Waals surface area contributed by atoms with E-state index in [2.05, 4.69) is 16.0 Å². The second-order valence-corrected chi connectivity index (χ2v) is 14.9. The zero-order valence-electron chi connectivity index (χ0n) is 28.7. The van der Waals surface area contributed by atoms with Crippen molar-refractivity contribution < 1.29 is 51.5 Å². The van der Waals surface area contributed by atoms with E-state index in [0.29, 0.717) is 43.4 Å². The molecule has 276 valence electrons. The second-order valence-electron chi connectivity index (χ2n) is 12.9. The second kappa shape index (κ2) is 17.4. The van der Waals surface area contributed by atoms with Crippen molar-refractivity contribution in [3.8, 4) is 17.2 Å². The van der Waals surface area contributed by atoms with Gasteiger partial charge in [-0.25, -0.2) is 18.0 Å². The van der Waals surface area contributed by atoms with Crippen LogP contribution in [0.4, 0.5) is 9.59 Å². The number of fused-ring (bicyclic) bond motifs is 2. The minimum absolute atomic E-state index is 0.00330. The third kappa shape index (κ3) is 9.90. The lowest BCUT2D eigenvalue weighted by molar-refractivity contribution is -0.0907. The largest absolute Gasteiger partial charge is 0.494 e. The van der Waals surface area contributed by atoms with Crippen LogP contribution in [0.3, 0.4) is 0 Å². The van der Waals surface area contributed by atoms with E-state index in [4.69, 9.17) is 28.4 Å². The molecule has 4 N–H and O–H groups in total. The monoisotopic (exact) mass is 720 g/mol. The molecule has 0 aromatic heterocycles. The predicted molar refractivity (Wildman–Crippen MR) is 180 cm³/mol. The standard InChI is InChI=1S/C34H48N4O11S/c1-22(2)18-38(50(42,43)25-10-11-29-30(17-25)48-21-47-29)19-28(39)27(37-34(41)49-31-20-46-32-26(31)12-15-45-32)16-23-6-8-24(9-7-23)44-14-5-4-13-36-33(40)35-3/h6-11,17,22,26-28,31-32,39H,4-5,12-16,18-21H2,1-3H3,(H,37,41)(H2,35,36,40)/t26-,27-,28+,31-,32+/m0/s1. The van der Waals surface area contributed by atoms with Crippen molar-refractivity contribution in [2.75, 3.05) is 53.3 Å². The molecule has 3 heterocycles. The number of aliphatic hydroxyl groups excluding tert-OH is 1. The highest BCUT2D eigenvalue weighted by molar-refractivity contribution is 7.89. The number of hydrogen-bond acceptors (Lipinski definition) is 11. The number of alkyl carbamates (subject to hydrolysis) is 1. The Hall–Kier alpha value is -3.83. The summed E-state index contributed by atoms with van der Waals surface area (Å²) < 4.78 is 62.5. The number of sulfonamides is 1. The number of carbonyl (C=O) groups is 2. The summed E-state index contributed by atoms with van der Waals surface area (Å²) in [6.45, 7) is 5.34. The van der Waals surface area contributed by atoms with Gasteiger partial charge in [0.15, 0.2) is 17.8 Å². The summed E-state index contributed by atoms with van der Waals surface area (Å²) in [5.74, 6) is 1.29. The number of nitrogens with one attached hydrogen (secondary N) is 3. The molecule has 3 aliphatic rings. The van der Waals surface area contributed by atoms with Gasteiger partial charge in [0, 0.05) is 32.7 Å². The highest BCUT2D eigenvalue weighted by Crippen LogP contribution is 2.35. The number of ether oxygens (including phenoxy) is 6. The van der Waals surface area contributed by atoms with E-state index < -0.39 is 40.7 Å². The van der Waals surface area contributed by atoms with Gasteiger partial charge in [-0.1, -0.05) is 26.0 Å². The van der Waals surface area contributed by atoms with Gasteiger partial charge in [-0.05, 0) is 61.4 Å². The van der Waals surface area contributed by atoms with E-state index >= 15 is 0 Å². The first kappa shape index (κ1) is 37.4. The molecule has 2 fully saturated rings. The van der Waals surface area contributed by atoms with Crippen LogP contribution in [0, 0.1) is 11.8 Å². The Morgan fingerprint density at radius 1 is 1.04 bits per heavy atom. The van der Waals surface area contributed by atoms with Gasteiger partial charge >= 0.3 is 12.1 Å². The molecule has 0 bridgehead atoms. The Balaban J connectivity index is 1.26. The fraction of sp³-hybridized carbons (Fsp3) is 0.588. The van der Waals surface area contributed by atoms with E-state index in [0.717, 1.165) is 18.4 Å². The molecule has 0 saturated carbocycles. The average Bonchev–Trinajstić information content (AvgIpc) is 3.85. The van der Waals surface area contributed by atoms with Gasteiger partial charge in [0.1, 0.15) is 11.9 Å². The number of rotatable bonds is 17. The van der Waals surface area contributed by atoms with Crippen LogP contribution in [0.15, 0.2) is 47.4 Å². The fourth-order valence-corrected chi connectivity index (χ4v) is 7.67. The molecule has 5 rings (SSSR count). The fourth-order valence-electron chi connectivity index (χ4n) is 6.04. The zero-order chi connectivity index (χ0) is 35.7. The van der Waals surface area contributed by atoms with Crippen LogP contribution in [0.5, 0.6) is 17.2 Å². The van der Waals surface area contributed by atoms with Crippen LogP contribution in [0.25, 0.3) is 0 Å². The van der Waals surface area contributed by atoms with Crippen LogP contribution in [-0.2, 0) is 30.7 Å². The van der Waals surface area contributed by atoms with Gasteiger partial charge in [-0.3, -0.25) is 0 Å². The third-order valence-electron chi connectivity index (χ3n) is 8.68. The summed E-state index contributed by atoms with van der Waals surface area (Å²) in [6, 6.07) is 10.5. The third-order valence-corrected chi connectivity index (χ3v) is 10.5. The minimum Gasteiger partial charge on any atom is -0.494 e. The maximum absolute atomic E-state index is 13.9. The highest BCUT2D eigenvalue weighted by Gasteiger charge is 2.44. The van der Waals surface area contributed by atoms with E-state index in [1.807, 2.05) is 26.0 Å². The lowest BCUT2D eigenvalue weighted by Gasteiger charge is -2.31. The van der Waals surface area contributed by atoms with E-state index in [-0.39, 0.29) is 55.7 Å². The topological polar surface area (TPSA) is 183 Å². The molecule has 2 aromatic rings. The van der Waals surface area contributed by atoms with Gasteiger partial charge in [0.05, 0.1) is 42.8 Å². The van der Waals surface area contributed by atoms with Gasteiger partial charge < -0.3 is 49.5 Å². The Labute approximate surface area is 292 Å². The van der Waals surface area contributed by atoms with Gasteiger partial charge in [0.25, 0.3) is 0 Å². The first-order valence-electron chi connectivity index (χ1n) is 17.0. The van der Waals surface area contributed by atoms with Crippen molar-refractivity contribution in [2.24, 2.45) is 11.8 Å². The van der Waals surface area contributed by atoms with Crippen LogP contribution in [0.1, 0.15) is 38.7 Å². The normalized spacial score (nSPS) is 20.7. The summed E-state index contributed by atoms with van der Waals surface area (Å²) in [7, 11) is -2.52. The number of hydrogen-bond donors (Lipinski definition) is 4. The average molecular weight is 721 g/mol. The number of unbranched alkanes of at least 4 members (excludes halogenated alkanes) is 1. The zero-order valence-corrected chi connectivity index (χ0v) is 29.5. The number of amides is 3. The molecule has 2 aromatic carbocycles. The van der Waals surface area contributed by atoms with Crippen LogP contribution in [-0.4, -0.2) is 108 Å².